The van der Waals surface area contributed by atoms with Gasteiger partial charge in [0.1, 0.15) is 5.25 Å². The summed E-state index contributed by atoms with van der Waals surface area (Å²) < 4.78 is 13.6. The molecule has 0 bridgehead atoms. The number of rotatable bonds is 6. The van der Waals surface area contributed by atoms with E-state index in [0.29, 0.717) is 23.7 Å². The third kappa shape index (κ3) is 4.40. The zero-order valence-corrected chi connectivity index (χ0v) is 24.2. The number of benzene rings is 3. The van der Waals surface area contributed by atoms with E-state index in [-0.39, 0.29) is 16.7 Å². The number of anilines is 1. The lowest BCUT2D eigenvalue weighted by molar-refractivity contribution is -0.122. The van der Waals surface area contributed by atoms with Crippen molar-refractivity contribution in [3.8, 4) is 11.5 Å². The molecule has 1 fully saturated rings. The minimum Gasteiger partial charge on any atom is -0.493 e. The van der Waals surface area contributed by atoms with Gasteiger partial charge in [0.25, 0.3) is 0 Å². The summed E-state index contributed by atoms with van der Waals surface area (Å²) in [6.45, 7) is 0.382. The molecule has 1 aromatic heterocycles. The van der Waals surface area contributed by atoms with E-state index in [2.05, 4.69) is 15.9 Å². The van der Waals surface area contributed by atoms with Crippen molar-refractivity contribution in [2.75, 3.05) is 19.1 Å². The first-order chi connectivity index (χ1) is 18.9. The largest absolute Gasteiger partial charge is 0.493 e. The van der Waals surface area contributed by atoms with E-state index in [1.165, 1.54) is 16.7 Å². The second-order valence-corrected chi connectivity index (χ2v) is 12.3. The highest BCUT2D eigenvalue weighted by atomic mass is 79.9. The van der Waals surface area contributed by atoms with E-state index in [1.807, 2.05) is 54.6 Å². The molecular weight excluding hydrogens is 600 g/mol. The highest BCUT2D eigenvalue weighted by molar-refractivity contribution is 9.10. The summed E-state index contributed by atoms with van der Waals surface area (Å²) >= 11 is 5.88. The molecule has 3 atom stereocenters. The van der Waals surface area contributed by atoms with Crippen molar-refractivity contribution in [3.63, 3.8) is 0 Å². The Morgan fingerprint density at radius 2 is 1.59 bits per heavy atom. The van der Waals surface area contributed by atoms with Gasteiger partial charge in [0.05, 0.1) is 37.4 Å². The van der Waals surface area contributed by atoms with Gasteiger partial charge < -0.3 is 9.47 Å². The van der Waals surface area contributed by atoms with Gasteiger partial charge in [0.2, 0.25) is 11.8 Å². The molecule has 0 unspecified atom stereocenters. The minimum absolute atomic E-state index is 0.119. The number of carbonyl (C=O) groups is 2. The summed E-state index contributed by atoms with van der Waals surface area (Å²) in [6.07, 6.45) is 0. The number of thiazole rings is 1. The lowest BCUT2D eigenvalue weighted by Crippen LogP contribution is -2.32. The number of hydrogen-bond acceptors (Lipinski definition) is 7. The third-order valence-corrected chi connectivity index (χ3v) is 10.2. The van der Waals surface area contributed by atoms with Gasteiger partial charge in [-0.1, -0.05) is 75.4 Å². The number of imide groups is 1. The fourth-order valence-electron chi connectivity index (χ4n) is 5.27. The van der Waals surface area contributed by atoms with E-state index in [4.69, 9.17) is 9.47 Å². The molecule has 3 heterocycles. The standard InChI is InChI=1S/C29H23BrN2O5S2/c1-36-20-13-8-17(14-21(20)37-2)22-23-24(27(34)32(26(23)33)19-11-9-18(30)10-12-19)38-28-25(22)39-29(35)31(28)15-16-6-4-3-5-7-16/h3-14,22-24H,15H2,1-2H3/t22-,23+,24-/m0/s1. The van der Waals surface area contributed by atoms with Gasteiger partial charge in [-0.25, -0.2) is 4.90 Å². The van der Waals surface area contributed by atoms with Crippen LogP contribution >= 0.6 is 39.0 Å². The monoisotopic (exact) mass is 622 g/mol. The normalized spacial score (nSPS) is 20.1. The third-order valence-electron chi connectivity index (χ3n) is 7.08. The van der Waals surface area contributed by atoms with Gasteiger partial charge >= 0.3 is 4.87 Å². The number of thioether (sulfide) groups is 1. The van der Waals surface area contributed by atoms with Crippen LogP contribution in [0.15, 0.2) is 87.1 Å². The molecule has 2 amide bonds. The van der Waals surface area contributed by atoms with E-state index in [0.717, 1.165) is 36.8 Å². The Labute approximate surface area is 241 Å². The molecule has 7 nitrogen and oxygen atoms in total. The zero-order chi connectivity index (χ0) is 27.3. The second kappa shape index (κ2) is 10.3. The Morgan fingerprint density at radius 1 is 0.872 bits per heavy atom. The van der Waals surface area contributed by atoms with Gasteiger partial charge in [-0.3, -0.25) is 19.0 Å². The number of hydrogen-bond donors (Lipinski definition) is 0. The second-order valence-electron chi connectivity index (χ2n) is 9.25. The Bertz CT molecular complexity index is 1630. The van der Waals surface area contributed by atoms with Crippen molar-refractivity contribution in [2.45, 2.75) is 22.7 Å². The van der Waals surface area contributed by atoms with Crippen LogP contribution in [0.5, 0.6) is 11.5 Å². The van der Waals surface area contributed by atoms with Crippen molar-refractivity contribution >= 4 is 56.5 Å². The average Bonchev–Trinajstić information content (AvgIpc) is 3.40. The van der Waals surface area contributed by atoms with Crippen LogP contribution in [0.2, 0.25) is 0 Å². The SMILES string of the molecule is COc1ccc([C@@H]2c3sc(=O)n(Cc4ccccc4)c3S[C@@H]3C(=O)N(c4ccc(Br)cc4)C(=O)[C@H]23)cc1OC. The fourth-order valence-corrected chi connectivity index (χ4v) is 8.31. The Morgan fingerprint density at radius 3 is 2.28 bits per heavy atom. The number of methoxy groups -OCH3 is 2. The molecular formula is C29H23BrN2O5S2. The van der Waals surface area contributed by atoms with Crippen molar-refractivity contribution in [1.29, 1.82) is 0 Å². The molecule has 6 rings (SSSR count). The van der Waals surface area contributed by atoms with E-state index >= 15 is 0 Å². The summed E-state index contributed by atoms with van der Waals surface area (Å²) in [7, 11) is 3.12. The number of ether oxygens (including phenoxy) is 2. The quantitative estimate of drug-likeness (QED) is 0.263. The van der Waals surface area contributed by atoms with Crippen LogP contribution in [0.4, 0.5) is 5.69 Å². The van der Waals surface area contributed by atoms with Crippen molar-refractivity contribution in [3.05, 3.63) is 103 Å². The molecule has 198 valence electrons. The maximum Gasteiger partial charge on any atom is 0.308 e. The first-order valence-corrected chi connectivity index (χ1v) is 14.7. The molecule has 39 heavy (non-hydrogen) atoms. The Balaban J connectivity index is 1.51. The predicted octanol–water partition coefficient (Wildman–Crippen LogP) is 5.53. The molecule has 2 aliphatic rings. The molecule has 0 N–H and O–H groups in total. The topological polar surface area (TPSA) is 77.8 Å². The Hall–Kier alpha value is -3.34. The summed E-state index contributed by atoms with van der Waals surface area (Å²) in [6, 6.07) is 22.4. The highest BCUT2D eigenvalue weighted by Gasteiger charge is 2.56. The smallest absolute Gasteiger partial charge is 0.308 e. The molecule has 2 aliphatic heterocycles. The van der Waals surface area contributed by atoms with Gasteiger partial charge in [-0.15, -0.1) is 0 Å². The number of amides is 2. The highest BCUT2D eigenvalue weighted by Crippen LogP contribution is 2.54. The first kappa shape index (κ1) is 25.9. The van der Waals surface area contributed by atoms with Gasteiger partial charge in [0, 0.05) is 15.3 Å². The number of carbonyl (C=O) groups excluding carboxylic acids is 2. The van der Waals surface area contributed by atoms with Crippen LogP contribution in [0.25, 0.3) is 0 Å². The van der Waals surface area contributed by atoms with Crippen LogP contribution in [0, 0.1) is 5.92 Å². The summed E-state index contributed by atoms with van der Waals surface area (Å²) in [5, 5.41) is 0.0523. The zero-order valence-electron chi connectivity index (χ0n) is 21.0. The number of fused-ring (bicyclic) bond motifs is 2. The maximum absolute atomic E-state index is 14.0. The molecule has 0 aliphatic carbocycles. The van der Waals surface area contributed by atoms with Crippen LogP contribution in [0.1, 0.15) is 21.9 Å². The molecule has 0 spiro atoms. The molecule has 0 saturated carbocycles. The molecule has 1 saturated heterocycles. The lowest BCUT2D eigenvalue weighted by Gasteiger charge is -2.31. The van der Waals surface area contributed by atoms with Gasteiger partial charge in [0.15, 0.2) is 11.5 Å². The van der Waals surface area contributed by atoms with Gasteiger partial charge in [-0.2, -0.15) is 0 Å². The minimum atomic E-state index is -0.681. The summed E-state index contributed by atoms with van der Waals surface area (Å²) in [5.41, 5.74) is 2.30. The fraction of sp³-hybridized carbons (Fsp3) is 0.207. The van der Waals surface area contributed by atoms with Crippen LogP contribution in [-0.4, -0.2) is 35.9 Å². The number of aromatic nitrogens is 1. The maximum atomic E-state index is 14.0. The lowest BCUT2D eigenvalue weighted by atomic mass is 9.83. The van der Waals surface area contributed by atoms with Crippen molar-refractivity contribution < 1.29 is 19.1 Å². The van der Waals surface area contributed by atoms with Crippen molar-refractivity contribution in [1.82, 2.24) is 4.57 Å². The van der Waals surface area contributed by atoms with Crippen LogP contribution in [-0.2, 0) is 16.1 Å². The first-order valence-electron chi connectivity index (χ1n) is 12.2. The number of halogens is 1. The molecule has 0 radical (unpaired) electrons. The van der Waals surface area contributed by atoms with Crippen molar-refractivity contribution in [2.24, 2.45) is 5.92 Å². The number of nitrogens with zero attached hydrogens (tertiary/aromatic N) is 2. The van der Waals surface area contributed by atoms with E-state index < -0.39 is 17.1 Å². The van der Waals surface area contributed by atoms with Crippen LogP contribution in [0.3, 0.4) is 0 Å². The average molecular weight is 624 g/mol. The molecule has 4 aromatic rings. The van der Waals surface area contributed by atoms with Gasteiger partial charge in [-0.05, 0) is 47.5 Å². The summed E-state index contributed by atoms with van der Waals surface area (Å²) in [4.78, 5) is 43.2. The predicted molar refractivity (Wildman–Crippen MR) is 155 cm³/mol. The van der Waals surface area contributed by atoms with E-state index in [1.54, 1.807) is 37.0 Å². The molecule has 3 aromatic carbocycles. The van der Waals surface area contributed by atoms with Crippen LogP contribution < -0.4 is 19.2 Å². The Kier molecular flexibility index (Phi) is 6.86. The summed E-state index contributed by atoms with van der Waals surface area (Å²) in [5.74, 6) is -0.663. The molecule has 10 heteroatoms. The van der Waals surface area contributed by atoms with E-state index in [9.17, 15) is 14.4 Å².